The van der Waals surface area contributed by atoms with Crippen LogP contribution in [0.25, 0.3) is 0 Å². The molecule has 158 valence electrons. The molecule has 1 aliphatic carbocycles. The summed E-state index contributed by atoms with van der Waals surface area (Å²) in [4.78, 5) is 12.9. The molecule has 1 amide bonds. The molecule has 1 aliphatic rings. The Morgan fingerprint density at radius 2 is 1.79 bits per heavy atom. The molecular weight excluding hydrogens is 498 g/mol. The molecule has 0 aromatic heterocycles. The van der Waals surface area contributed by atoms with Gasteiger partial charge in [0.25, 0.3) is 0 Å². The summed E-state index contributed by atoms with van der Waals surface area (Å²) in [6.45, 7) is 10.6. The minimum Gasteiger partial charge on any atom is -0.415 e. The predicted octanol–water partition coefficient (Wildman–Crippen LogP) is 5.81. The predicted molar refractivity (Wildman–Crippen MR) is 116 cm³/mol. The Kier molecular flexibility index (Phi) is 7.29. The van der Waals surface area contributed by atoms with Crippen LogP contribution in [0.1, 0.15) is 38.7 Å². The Labute approximate surface area is 180 Å². The van der Waals surface area contributed by atoms with Crippen LogP contribution in [-0.2, 0) is 9.22 Å². The van der Waals surface area contributed by atoms with Crippen molar-refractivity contribution in [3.8, 4) is 0 Å². The van der Waals surface area contributed by atoms with Crippen molar-refractivity contribution >= 4 is 36.8 Å². The van der Waals surface area contributed by atoms with Gasteiger partial charge in [-0.1, -0.05) is 32.9 Å². The van der Waals surface area contributed by atoms with Gasteiger partial charge in [0.05, 0.1) is 6.61 Å². The maximum atomic E-state index is 13.1. The Hall–Kier alpha value is -0.613. The molecule has 1 aromatic carbocycles. The molecule has 0 bridgehead atoms. The minimum absolute atomic E-state index is 0.0270. The fourth-order valence-corrected chi connectivity index (χ4v) is 4.33. The third-order valence-corrected chi connectivity index (χ3v) is 11.1. The SMILES string of the molecule is CC(C)(C)[Si](C)(C)OCCN(CC1CC1c1ccc(I)cc1)C(=O)C(F)(F)F. The molecule has 3 nitrogen and oxygen atoms in total. The highest BCUT2D eigenvalue weighted by Gasteiger charge is 2.46. The molecule has 1 aromatic rings. The topological polar surface area (TPSA) is 29.5 Å². The van der Waals surface area contributed by atoms with E-state index in [4.69, 9.17) is 4.43 Å². The third-order valence-electron chi connectivity index (χ3n) is 5.84. The van der Waals surface area contributed by atoms with Crippen LogP contribution in [0.5, 0.6) is 0 Å². The van der Waals surface area contributed by atoms with E-state index in [9.17, 15) is 18.0 Å². The van der Waals surface area contributed by atoms with Crippen molar-refractivity contribution in [2.45, 2.75) is 57.4 Å². The van der Waals surface area contributed by atoms with Crippen molar-refractivity contribution in [3.63, 3.8) is 0 Å². The summed E-state index contributed by atoms with van der Waals surface area (Å²) in [5.41, 5.74) is 1.13. The van der Waals surface area contributed by atoms with E-state index in [2.05, 4.69) is 56.5 Å². The average Bonchev–Trinajstić information content (AvgIpc) is 3.31. The summed E-state index contributed by atoms with van der Waals surface area (Å²) in [6, 6.07) is 8.03. The van der Waals surface area contributed by atoms with Crippen molar-refractivity contribution in [2.24, 2.45) is 5.92 Å². The molecule has 0 aliphatic heterocycles. The van der Waals surface area contributed by atoms with E-state index < -0.39 is 20.4 Å². The van der Waals surface area contributed by atoms with Gasteiger partial charge in [-0.3, -0.25) is 4.79 Å². The summed E-state index contributed by atoms with van der Waals surface area (Å²) in [7, 11) is -2.07. The van der Waals surface area contributed by atoms with Crippen LogP contribution < -0.4 is 0 Å². The fourth-order valence-electron chi connectivity index (χ4n) is 2.93. The molecule has 0 radical (unpaired) electrons. The minimum atomic E-state index is -4.86. The van der Waals surface area contributed by atoms with E-state index in [-0.39, 0.29) is 36.6 Å². The average molecular weight is 527 g/mol. The highest BCUT2D eigenvalue weighted by Crippen LogP contribution is 2.48. The van der Waals surface area contributed by atoms with E-state index in [1.54, 1.807) is 0 Å². The molecule has 0 spiro atoms. The highest BCUT2D eigenvalue weighted by atomic mass is 127. The van der Waals surface area contributed by atoms with E-state index in [0.29, 0.717) is 0 Å². The first-order valence-electron chi connectivity index (χ1n) is 9.48. The Morgan fingerprint density at radius 3 is 2.29 bits per heavy atom. The Balaban J connectivity index is 1.99. The van der Waals surface area contributed by atoms with Crippen molar-refractivity contribution in [1.82, 2.24) is 4.90 Å². The normalized spacial score (nSPS) is 20.2. The van der Waals surface area contributed by atoms with Gasteiger partial charge in [0.15, 0.2) is 8.32 Å². The molecule has 2 unspecified atom stereocenters. The number of rotatable bonds is 7. The highest BCUT2D eigenvalue weighted by molar-refractivity contribution is 14.1. The maximum absolute atomic E-state index is 13.1. The molecule has 1 saturated carbocycles. The molecule has 0 N–H and O–H groups in total. The first kappa shape index (κ1) is 23.7. The third kappa shape index (κ3) is 6.19. The van der Waals surface area contributed by atoms with Crippen LogP contribution in [0.15, 0.2) is 24.3 Å². The van der Waals surface area contributed by atoms with Gasteiger partial charge in [-0.2, -0.15) is 13.2 Å². The van der Waals surface area contributed by atoms with Crippen LogP contribution >= 0.6 is 22.6 Å². The number of hydrogen-bond acceptors (Lipinski definition) is 2. The second-order valence-corrected chi connectivity index (χ2v) is 15.1. The van der Waals surface area contributed by atoms with Crippen molar-refractivity contribution in [2.75, 3.05) is 19.7 Å². The van der Waals surface area contributed by atoms with Crippen molar-refractivity contribution in [3.05, 3.63) is 33.4 Å². The van der Waals surface area contributed by atoms with E-state index in [1.807, 2.05) is 24.3 Å². The van der Waals surface area contributed by atoms with Gasteiger partial charge >= 0.3 is 12.1 Å². The molecule has 0 heterocycles. The van der Waals surface area contributed by atoms with Crippen LogP contribution in [0.2, 0.25) is 18.1 Å². The monoisotopic (exact) mass is 527 g/mol. The zero-order valence-electron chi connectivity index (χ0n) is 17.1. The second kappa shape index (κ2) is 8.63. The summed E-state index contributed by atoms with van der Waals surface area (Å²) in [6.07, 6.45) is -4.05. The molecule has 8 heteroatoms. The van der Waals surface area contributed by atoms with Gasteiger partial charge in [0, 0.05) is 16.7 Å². The summed E-state index contributed by atoms with van der Waals surface area (Å²) in [5.74, 6) is -1.47. The Morgan fingerprint density at radius 1 is 1.21 bits per heavy atom. The van der Waals surface area contributed by atoms with Crippen LogP contribution in [-0.4, -0.2) is 45.0 Å². The lowest BCUT2D eigenvalue weighted by Crippen LogP contribution is -2.46. The lowest BCUT2D eigenvalue weighted by atomic mass is 10.1. The van der Waals surface area contributed by atoms with Crippen LogP contribution in [0.4, 0.5) is 13.2 Å². The number of benzene rings is 1. The number of carbonyl (C=O) groups excluding carboxylic acids is 1. The first-order chi connectivity index (χ1) is 12.7. The van der Waals surface area contributed by atoms with Gasteiger partial charge in [0.2, 0.25) is 0 Å². The number of nitrogens with zero attached hydrogens (tertiary/aromatic N) is 1. The number of hydrogen-bond donors (Lipinski definition) is 0. The van der Waals surface area contributed by atoms with Gasteiger partial charge in [-0.25, -0.2) is 0 Å². The lowest BCUT2D eigenvalue weighted by Gasteiger charge is -2.37. The number of carbonyl (C=O) groups is 1. The molecule has 2 atom stereocenters. The van der Waals surface area contributed by atoms with Gasteiger partial charge in [-0.15, -0.1) is 0 Å². The molecule has 1 fully saturated rings. The van der Waals surface area contributed by atoms with E-state index >= 15 is 0 Å². The molecule has 28 heavy (non-hydrogen) atoms. The zero-order valence-corrected chi connectivity index (χ0v) is 20.2. The van der Waals surface area contributed by atoms with Gasteiger partial charge in [-0.05, 0) is 76.7 Å². The number of amides is 1. The fraction of sp³-hybridized carbons (Fsp3) is 0.650. The number of halogens is 4. The summed E-state index contributed by atoms with van der Waals surface area (Å²) >= 11 is 2.22. The van der Waals surface area contributed by atoms with Crippen molar-refractivity contribution in [1.29, 1.82) is 0 Å². The maximum Gasteiger partial charge on any atom is 0.471 e. The quantitative estimate of drug-likeness (QED) is 0.331. The standard InChI is InChI=1S/C20H29F3INO2Si/c1-19(2,3)28(4,5)27-11-10-25(18(26)20(21,22)23)13-15-12-17(15)14-6-8-16(24)9-7-14/h6-9,15,17H,10-13H2,1-5H3. The second-order valence-electron chi connectivity index (χ2n) is 9.01. The summed E-state index contributed by atoms with van der Waals surface area (Å²) < 4.78 is 46.3. The van der Waals surface area contributed by atoms with Crippen molar-refractivity contribution < 1.29 is 22.4 Å². The lowest BCUT2D eigenvalue weighted by molar-refractivity contribution is -0.186. The number of alkyl halides is 3. The van der Waals surface area contributed by atoms with E-state index in [1.165, 1.54) is 0 Å². The summed E-state index contributed by atoms with van der Waals surface area (Å²) in [5, 5.41) is -0.0295. The van der Waals surface area contributed by atoms with Crippen LogP contribution in [0.3, 0.4) is 0 Å². The smallest absolute Gasteiger partial charge is 0.415 e. The van der Waals surface area contributed by atoms with Gasteiger partial charge in [0.1, 0.15) is 0 Å². The molecular formula is C20H29F3INO2Si. The zero-order chi connectivity index (χ0) is 21.3. The Bertz CT molecular complexity index is 686. The molecule has 0 saturated heterocycles. The molecule has 2 rings (SSSR count). The van der Waals surface area contributed by atoms with Crippen LogP contribution in [0, 0.1) is 9.49 Å². The first-order valence-corrected chi connectivity index (χ1v) is 13.5. The largest absolute Gasteiger partial charge is 0.471 e. The van der Waals surface area contributed by atoms with E-state index in [0.717, 1.165) is 20.5 Å². The van der Waals surface area contributed by atoms with Gasteiger partial charge < -0.3 is 9.33 Å².